The molecule has 14 nitrogen and oxygen atoms in total. The van der Waals surface area contributed by atoms with Gasteiger partial charge in [-0.2, -0.15) is 0 Å². The Hall–Kier alpha value is -4.69. The van der Waals surface area contributed by atoms with E-state index in [0.29, 0.717) is 17.7 Å². The minimum absolute atomic E-state index is 0.0442. The summed E-state index contributed by atoms with van der Waals surface area (Å²) in [6.45, 7) is 10.3. The number of nitrogens with two attached hydrogens (primary N) is 1. The number of nitrogens with one attached hydrogen (secondary N) is 4. The van der Waals surface area contributed by atoms with Crippen LogP contribution in [0.3, 0.4) is 0 Å². The van der Waals surface area contributed by atoms with Crippen molar-refractivity contribution in [2.75, 3.05) is 11.9 Å². The highest BCUT2D eigenvalue weighted by molar-refractivity contribution is 6.55. The second kappa shape index (κ2) is 16.0. The van der Waals surface area contributed by atoms with Crippen molar-refractivity contribution in [3.63, 3.8) is 0 Å². The van der Waals surface area contributed by atoms with Gasteiger partial charge in [0.1, 0.15) is 18.7 Å². The van der Waals surface area contributed by atoms with Gasteiger partial charge in [-0.25, -0.2) is 4.79 Å². The number of primary amides is 1. The fourth-order valence-corrected chi connectivity index (χ4v) is 5.23. The molecule has 2 atom stereocenters. The Labute approximate surface area is 270 Å². The highest BCUT2D eigenvalue weighted by Gasteiger charge is 2.44. The van der Waals surface area contributed by atoms with Crippen molar-refractivity contribution in [2.45, 2.75) is 85.0 Å². The first kappa shape index (κ1) is 37.5. The van der Waals surface area contributed by atoms with Gasteiger partial charge in [-0.3, -0.25) is 33.7 Å². The van der Waals surface area contributed by atoms with E-state index in [1.165, 1.54) is 12.2 Å². The van der Waals surface area contributed by atoms with Gasteiger partial charge in [0.25, 0.3) is 11.8 Å². The summed E-state index contributed by atoms with van der Waals surface area (Å²) in [5.41, 5.74) is 4.07. The lowest BCUT2D eigenvalue weighted by Crippen LogP contribution is -2.57. The van der Waals surface area contributed by atoms with E-state index >= 15 is 0 Å². The second-order valence-corrected chi connectivity index (χ2v) is 12.7. The lowest BCUT2D eigenvalue weighted by molar-refractivity contribution is -0.146. The van der Waals surface area contributed by atoms with Crippen molar-refractivity contribution in [1.29, 1.82) is 0 Å². The topological polar surface area (TPSA) is 206 Å². The van der Waals surface area contributed by atoms with Crippen molar-refractivity contribution >= 4 is 55.0 Å². The van der Waals surface area contributed by atoms with Crippen LogP contribution in [0.5, 0.6) is 0 Å². The van der Waals surface area contributed by atoms with Crippen LogP contribution < -0.4 is 27.0 Å². The molecule has 1 aromatic carbocycles. The minimum atomic E-state index is -1.11. The Balaban J connectivity index is 2.16. The van der Waals surface area contributed by atoms with Crippen molar-refractivity contribution in [3.05, 3.63) is 42.0 Å². The number of rotatable bonds is 16. The maximum Gasteiger partial charge on any atom is 0.312 e. The van der Waals surface area contributed by atoms with Gasteiger partial charge in [0.15, 0.2) is 0 Å². The van der Waals surface area contributed by atoms with Gasteiger partial charge in [0, 0.05) is 35.3 Å². The zero-order chi connectivity index (χ0) is 34.8. The largest absolute Gasteiger partial charge is 0.470 e. The predicted molar refractivity (Wildman–Crippen MR) is 170 cm³/mol. The van der Waals surface area contributed by atoms with E-state index in [2.05, 4.69) is 21.3 Å². The molecule has 6 N–H and O–H groups in total. The maximum absolute atomic E-state index is 13.6. The first-order chi connectivity index (χ1) is 21.3. The van der Waals surface area contributed by atoms with Gasteiger partial charge in [-0.15, -0.1) is 0 Å². The summed E-state index contributed by atoms with van der Waals surface area (Å²) in [4.78, 5) is 88.0. The molecule has 15 heteroatoms. The predicted octanol–water partition coefficient (Wildman–Crippen LogP) is 1.62. The molecule has 2 radical (unpaired) electrons. The number of hydrogen-bond donors (Lipinski definition) is 5. The second-order valence-electron chi connectivity index (χ2n) is 12.7. The van der Waals surface area contributed by atoms with Crippen molar-refractivity contribution in [3.8, 4) is 0 Å². The lowest BCUT2D eigenvalue weighted by atomic mass is 9.78. The fraction of sp³-hybridized carbons (Fsp3) is 0.516. The van der Waals surface area contributed by atoms with E-state index in [0.717, 1.165) is 4.90 Å². The third-order valence-electron chi connectivity index (χ3n) is 7.34. The van der Waals surface area contributed by atoms with Crippen LogP contribution in [0.25, 0.3) is 0 Å². The number of anilines is 1. The van der Waals surface area contributed by atoms with E-state index in [1.807, 2.05) is 0 Å². The molecule has 46 heavy (non-hydrogen) atoms. The summed E-state index contributed by atoms with van der Waals surface area (Å²) >= 11 is 0. The number of imide groups is 1. The number of carbonyl (C=O) groups excluding carboxylic acids is 7. The summed E-state index contributed by atoms with van der Waals surface area (Å²) in [7, 11) is 4.99. The third kappa shape index (κ3) is 11.0. The van der Waals surface area contributed by atoms with E-state index in [9.17, 15) is 33.6 Å². The molecule has 0 bridgehead atoms. The van der Waals surface area contributed by atoms with E-state index in [4.69, 9.17) is 18.3 Å². The number of amides is 7. The highest BCUT2D eigenvalue weighted by atomic mass is 16.5. The molecule has 1 aliphatic rings. The number of benzene rings is 1. The fourth-order valence-electron chi connectivity index (χ4n) is 5.23. The average molecular weight is 639 g/mol. The zero-order valence-electron chi connectivity index (χ0n) is 27.1. The number of hydrogen-bond acceptors (Lipinski definition) is 8. The van der Waals surface area contributed by atoms with E-state index < -0.39 is 64.5 Å². The number of carbonyl (C=O) groups is 7. The molecule has 1 aromatic rings. The normalized spacial score (nSPS) is 14.5. The molecule has 0 fully saturated rings. The average Bonchev–Trinajstić information content (AvgIpc) is 3.30. The monoisotopic (exact) mass is 638 g/mol. The van der Waals surface area contributed by atoms with Crippen LogP contribution >= 0.6 is 0 Å². The van der Waals surface area contributed by atoms with Gasteiger partial charge in [-0.05, 0) is 56.7 Å². The van der Waals surface area contributed by atoms with Crippen LogP contribution in [0.4, 0.5) is 15.3 Å². The highest BCUT2D eigenvalue weighted by Crippen LogP contribution is 2.34. The summed E-state index contributed by atoms with van der Waals surface area (Å²) in [5.74, 6) is -3.85. The standard InChI is InChI=1S/C31H43BN6O8/c1-18(2)24(37-27(43)30(3,4)17-31(5,6)38-22(39)13-14-23(38)40)26(42)36-21(8-7-15-34-29(33)45)25(41)35-20-11-9-19(10-12-20)16-46-28(32)44/h9-14,18,21,24H,7-8,15-17H2,1-6H3,(H,35,41)(H,36,42)(H,37,43)(H3,33,34,45)/t21-,24?/m0/s1. The summed E-state index contributed by atoms with van der Waals surface area (Å²) in [6.07, 6.45) is 2.91. The first-order valence-electron chi connectivity index (χ1n) is 14.9. The van der Waals surface area contributed by atoms with Gasteiger partial charge in [0.05, 0.1) is 0 Å². The molecular formula is C31H43BN6O8. The van der Waals surface area contributed by atoms with E-state index in [-0.39, 0.29) is 31.9 Å². The Morgan fingerprint density at radius 1 is 0.935 bits per heavy atom. The molecule has 1 aliphatic heterocycles. The SMILES string of the molecule is [B]C(=O)OCc1ccc(NC(=O)[C@H](CCCNC(N)=O)NC(=O)C(NC(=O)C(C)(C)CC(C)(C)N2C(=O)C=CC2=O)C(C)C)cc1. The van der Waals surface area contributed by atoms with Crippen molar-refractivity contribution in [2.24, 2.45) is 17.1 Å². The molecule has 2 rings (SSSR count). The van der Waals surface area contributed by atoms with E-state index in [1.54, 1.807) is 65.8 Å². The quantitative estimate of drug-likeness (QED) is 0.102. The Bertz CT molecular complexity index is 1340. The van der Waals surface area contributed by atoms with Crippen molar-refractivity contribution in [1.82, 2.24) is 20.9 Å². The Kier molecular flexibility index (Phi) is 13.1. The van der Waals surface area contributed by atoms with Crippen LogP contribution in [0, 0.1) is 11.3 Å². The molecular weight excluding hydrogens is 595 g/mol. The Morgan fingerprint density at radius 2 is 1.52 bits per heavy atom. The lowest BCUT2D eigenvalue weighted by Gasteiger charge is -2.40. The summed E-state index contributed by atoms with van der Waals surface area (Å²) in [5, 5.41) is 10.7. The molecule has 0 aromatic heterocycles. The summed E-state index contributed by atoms with van der Waals surface area (Å²) < 4.78 is 4.75. The third-order valence-corrected chi connectivity index (χ3v) is 7.34. The van der Waals surface area contributed by atoms with Crippen LogP contribution in [-0.4, -0.2) is 78.3 Å². The Morgan fingerprint density at radius 3 is 2.04 bits per heavy atom. The van der Waals surface area contributed by atoms with Crippen LogP contribution in [0.15, 0.2) is 36.4 Å². The maximum atomic E-state index is 13.6. The molecule has 0 spiro atoms. The molecule has 0 aliphatic carbocycles. The van der Waals surface area contributed by atoms with Crippen LogP contribution in [-0.2, 0) is 35.3 Å². The van der Waals surface area contributed by atoms with Crippen LogP contribution in [0.1, 0.15) is 66.4 Å². The van der Waals surface area contributed by atoms with Gasteiger partial charge in [-0.1, -0.05) is 39.8 Å². The first-order valence-corrected chi connectivity index (χ1v) is 14.9. The minimum Gasteiger partial charge on any atom is -0.470 e. The molecule has 0 saturated heterocycles. The summed E-state index contributed by atoms with van der Waals surface area (Å²) in [6, 6.07) is 3.62. The van der Waals surface area contributed by atoms with Gasteiger partial charge < -0.3 is 31.7 Å². The smallest absolute Gasteiger partial charge is 0.312 e. The van der Waals surface area contributed by atoms with Gasteiger partial charge in [0.2, 0.25) is 31.4 Å². The van der Waals surface area contributed by atoms with Gasteiger partial charge >= 0.3 is 6.03 Å². The van der Waals surface area contributed by atoms with Crippen molar-refractivity contribution < 1.29 is 38.3 Å². The van der Waals surface area contributed by atoms with Crippen LogP contribution in [0.2, 0.25) is 0 Å². The molecule has 1 unspecified atom stereocenters. The molecule has 248 valence electrons. The molecule has 1 heterocycles. The zero-order valence-corrected chi connectivity index (χ0v) is 27.1. The number of urea groups is 1. The number of ether oxygens (including phenoxy) is 1. The molecule has 7 amide bonds. The number of nitrogens with zero attached hydrogens (tertiary/aromatic N) is 1. The molecule has 0 saturated carbocycles.